The van der Waals surface area contributed by atoms with Crippen LogP contribution >= 0.6 is 0 Å². The first-order valence-electron chi connectivity index (χ1n) is 9.30. The van der Waals surface area contributed by atoms with Gasteiger partial charge in [0, 0.05) is 18.8 Å². The molecule has 1 atom stereocenters. The Balaban J connectivity index is 1.89. The highest BCUT2D eigenvalue weighted by Crippen LogP contribution is 2.30. The zero-order valence-corrected chi connectivity index (χ0v) is 16.6. The number of halogens is 1. The fraction of sp³-hybridized carbons (Fsp3) is 0.273. The van der Waals surface area contributed by atoms with E-state index in [1.54, 1.807) is 12.1 Å². The minimum Gasteiger partial charge on any atom is -0.466 e. The third-order valence-corrected chi connectivity index (χ3v) is 4.84. The molecule has 6 nitrogen and oxygen atoms in total. The summed E-state index contributed by atoms with van der Waals surface area (Å²) in [6.07, 6.45) is 0. The summed E-state index contributed by atoms with van der Waals surface area (Å²) in [5.41, 5.74) is 4.59. The third-order valence-electron chi connectivity index (χ3n) is 4.84. The van der Waals surface area contributed by atoms with Crippen LogP contribution in [0.15, 0.2) is 53.7 Å². The van der Waals surface area contributed by atoms with E-state index >= 15 is 0 Å². The maximum Gasteiger partial charge on any atom is 0.338 e. The fourth-order valence-electron chi connectivity index (χ4n) is 3.43. The van der Waals surface area contributed by atoms with Crippen molar-refractivity contribution in [1.82, 2.24) is 16.0 Å². The molecule has 0 radical (unpaired) electrons. The van der Waals surface area contributed by atoms with Gasteiger partial charge >= 0.3 is 12.0 Å². The number of esters is 1. The van der Waals surface area contributed by atoms with E-state index in [0.717, 1.165) is 22.3 Å². The molecule has 29 heavy (non-hydrogen) atoms. The predicted octanol–water partition coefficient (Wildman–Crippen LogP) is 3.01. The molecule has 0 fully saturated rings. The summed E-state index contributed by atoms with van der Waals surface area (Å²) in [5.74, 6) is -0.813. The lowest BCUT2D eigenvalue weighted by Crippen LogP contribution is -2.48. The molecule has 2 aromatic rings. The van der Waals surface area contributed by atoms with Crippen LogP contribution in [0.2, 0.25) is 0 Å². The van der Waals surface area contributed by atoms with Crippen molar-refractivity contribution in [3.63, 3.8) is 0 Å². The minimum atomic E-state index is -0.612. The van der Waals surface area contributed by atoms with Gasteiger partial charge in [0.25, 0.3) is 0 Å². The summed E-state index contributed by atoms with van der Waals surface area (Å²) in [4.78, 5) is 24.9. The van der Waals surface area contributed by atoms with Crippen molar-refractivity contribution in [2.75, 3.05) is 13.7 Å². The van der Waals surface area contributed by atoms with E-state index in [2.05, 4.69) is 16.0 Å². The van der Waals surface area contributed by atoms with Gasteiger partial charge in [-0.1, -0.05) is 35.9 Å². The molecule has 1 heterocycles. The molecular weight excluding hydrogens is 373 g/mol. The van der Waals surface area contributed by atoms with Crippen molar-refractivity contribution in [1.29, 1.82) is 0 Å². The Labute approximate surface area is 169 Å². The average Bonchev–Trinajstić information content (AvgIpc) is 2.68. The van der Waals surface area contributed by atoms with Gasteiger partial charge in [0.15, 0.2) is 0 Å². The first-order chi connectivity index (χ1) is 13.9. The number of hydrogen-bond donors (Lipinski definition) is 3. The van der Waals surface area contributed by atoms with Gasteiger partial charge < -0.3 is 20.7 Å². The zero-order valence-electron chi connectivity index (χ0n) is 16.6. The first kappa shape index (κ1) is 20.5. The number of rotatable bonds is 6. The highest BCUT2D eigenvalue weighted by molar-refractivity contribution is 5.95. The number of hydrogen-bond acceptors (Lipinski definition) is 4. The summed E-state index contributed by atoms with van der Waals surface area (Å²) in [6, 6.07) is 11.0. The number of carbonyl (C=O) groups is 2. The molecular formula is C22H24FN3O3. The van der Waals surface area contributed by atoms with Crippen LogP contribution in [0.1, 0.15) is 28.3 Å². The quantitative estimate of drug-likeness (QED) is 0.655. The van der Waals surface area contributed by atoms with Crippen LogP contribution in [0.25, 0.3) is 0 Å². The molecule has 2 amide bonds. The normalized spacial score (nSPS) is 16.3. The lowest BCUT2D eigenvalue weighted by atomic mass is 9.91. The molecule has 7 heteroatoms. The van der Waals surface area contributed by atoms with Crippen molar-refractivity contribution < 1.29 is 18.7 Å². The number of benzene rings is 2. The van der Waals surface area contributed by atoms with Crippen molar-refractivity contribution in [2.45, 2.75) is 26.4 Å². The highest BCUT2D eigenvalue weighted by atomic mass is 19.1. The lowest BCUT2D eigenvalue weighted by Gasteiger charge is -2.30. The van der Waals surface area contributed by atoms with Crippen molar-refractivity contribution in [3.8, 4) is 0 Å². The Bertz CT molecular complexity index is 954. The molecule has 0 saturated heterocycles. The van der Waals surface area contributed by atoms with E-state index < -0.39 is 12.0 Å². The topological polar surface area (TPSA) is 79.5 Å². The van der Waals surface area contributed by atoms with Crippen molar-refractivity contribution >= 4 is 12.0 Å². The Hall–Kier alpha value is -3.19. The van der Waals surface area contributed by atoms with Crippen LogP contribution in [-0.2, 0) is 16.1 Å². The lowest BCUT2D eigenvalue weighted by molar-refractivity contribution is -0.136. The minimum absolute atomic E-state index is 0.247. The summed E-state index contributed by atoms with van der Waals surface area (Å²) < 4.78 is 18.0. The number of amides is 2. The molecule has 2 aromatic carbocycles. The van der Waals surface area contributed by atoms with Gasteiger partial charge in [-0.3, -0.25) is 0 Å². The Morgan fingerprint density at radius 2 is 1.86 bits per heavy atom. The van der Waals surface area contributed by atoms with E-state index in [1.807, 2.05) is 32.0 Å². The summed E-state index contributed by atoms with van der Waals surface area (Å²) in [7, 11) is 1.31. The van der Waals surface area contributed by atoms with Gasteiger partial charge in [-0.15, -0.1) is 0 Å². The number of urea groups is 1. The Morgan fingerprint density at radius 1 is 1.14 bits per heavy atom. The van der Waals surface area contributed by atoms with E-state index in [4.69, 9.17) is 4.74 Å². The second-order valence-corrected chi connectivity index (χ2v) is 7.01. The maximum atomic E-state index is 13.0. The number of carbonyl (C=O) groups excluding carboxylic acids is 2. The molecule has 0 unspecified atom stereocenters. The van der Waals surface area contributed by atoms with Crippen LogP contribution in [0.4, 0.5) is 9.18 Å². The van der Waals surface area contributed by atoms with Gasteiger partial charge in [0.1, 0.15) is 5.82 Å². The number of aryl methyl sites for hydroxylation is 2. The second kappa shape index (κ2) is 8.87. The summed E-state index contributed by atoms with van der Waals surface area (Å²) in [6.45, 7) is 4.63. The maximum absolute atomic E-state index is 13.0. The predicted molar refractivity (Wildman–Crippen MR) is 107 cm³/mol. The Morgan fingerprint density at radius 3 is 2.52 bits per heavy atom. The standard InChI is InChI=1S/C22H24FN3O3/c1-13-4-9-17(14(2)10-13)20-19(21(27)29-3)18(25-22(28)26-20)12-24-11-15-5-7-16(23)8-6-15/h4-10,20,24H,11-12H2,1-3H3,(H2,25,26,28)/t20-/m1/s1. The molecule has 1 aliphatic rings. The third kappa shape index (κ3) is 4.81. The van der Waals surface area contributed by atoms with Gasteiger partial charge in [-0.25, -0.2) is 14.0 Å². The van der Waals surface area contributed by atoms with Gasteiger partial charge in [0.05, 0.1) is 18.7 Å². The molecule has 0 aromatic heterocycles. The van der Waals surface area contributed by atoms with E-state index in [0.29, 0.717) is 17.8 Å². The van der Waals surface area contributed by atoms with Crippen LogP contribution in [0.3, 0.4) is 0 Å². The largest absolute Gasteiger partial charge is 0.466 e. The molecule has 0 aliphatic carbocycles. The van der Waals surface area contributed by atoms with Crippen LogP contribution < -0.4 is 16.0 Å². The Kier molecular flexibility index (Phi) is 6.29. The van der Waals surface area contributed by atoms with Crippen molar-refractivity contribution in [2.24, 2.45) is 0 Å². The van der Waals surface area contributed by atoms with Crippen LogP contribution in [-0.4, -0.2) is 25.7 Å². The monoisotopic (exact) mass is 397 g/mol. The first-order valence-corrected chi connectivity index (χ1v) is 9.30. The number of ether oxygens (including phenoxy) is 1. The smallest absolute Gasteiger partial charge is 0.338 e. The summed E-state index contributed by atoms with van der Waals surface area (Å²) >= 11 is 0. The number of methoxy groups -OCH3 is 1. The van der Waals surface area contributed by atoms with Crippen molar-refractivity contribution in [3.05, 3.63) is 81.8 Å². The zero-order chi connectivity index (χ0) is 21.0. The number of nitrogens with one attached hydrogen (secondary N) is 3. The van der Waals surface area contributed by atoms with Gasteiger partial charge in [0.2, 0.25) is 0 Å². The van der Waals surface area contributed by atoms with E-state index in [9.17, 15) is 14.0 Å². The molecule has 0 spiro atoms. The second-order valence-electron chi connectivity index (χ2n) is 7.01. The molecule has 1 aliphatic heterocycles. The van der Waals surface area contributed by atoms with Gasteiger partial charge in [-0.2, -0.15) is 0 Å². The van der Waals surface area contributed by atoms with Crippen LogP contribution in [0, 0.1) is 19.7 Å². The van der Waals surface area contributed by atoms with E-state index in [1.165, 1.54) is 19.2 Å². The summed E-state index contributed by atoms with van der Waals surface area (Å²) in [5, 5.41) is 8.72. The molecule has 0 saturated carbocycles. The SMILES string of the molecule is COC(=O)C1=C(CNCc2ccc(F)cc2)NC(=O)N[C@@H]1c1ccc(C)cc1C. The highest BCUT2D eigenvalue weighted by Gasteiger charge is 2.33. The molecule has 152 valence electrons. The molecule has 0 bridgehead atoms. The molecule has 3 rings (SSSR count). The van der Waals surface area contributed by atoms with E-state index in [-0.39, 0.29) is 18.4 Å². The fourth-order valence-corrected chi connectivity index (χ4v) is 3.43. The molecule has 3 N–H and O–H groups in total. The average molecular weight is 397 g/mol. The van der Waals surface area contributed by atoms with Crippen LogP contribution in [0.5, 0.6) is 0 Å². The van der Waals surface area contributed by atoms with Gasteiger partial charge in [-0.05, 0) is 42.7 Å².